The predicted octanol–water partition coefficient (Wildman–Crippen LogP) is 20.8. The maximum absolute atomic E-state index is 12.5. The molecule has 3 N–H and O–H groups in total. The van der Waals surface area contributed by atoms with Crippen LogP contribution in [0, 0.1) is 0 Å². The standard InChI is InChI=1S/C67H127NO5/c1-3-5-7-9-11-13-15-17-19-20-30-33-37-41-45-49-53-57-61-67(72)73-62-58-54-50-46-42-38-34-31-28-26-24-22-21-23-25-27-29-32-36-40-44-48-52-56-60-66(71)68-64(63-69)65(70)59-55-51-47-43-39-35-18-16-14-12-10-8-6-4-2/h19-20,23,25,55,59,64-65,69-70H,3-18,21-22,24,26-54,56-58,60-63H2,1-2H3,(H,68,71)/b20-19-,25-23-,59-55+. The van der Waals surface area contributed by atoms with E-state index in [9.17, 15) is 19.8 Å². The minimum absolute atomic E-state index is 0.00931. The van der Waals surface area contributed by atoms with Gasteiger partial charge in [-0.05, 0) is 83.5 Å². The molecule has 0 aromatic carbocycles. The van der Waals surface area contributed by atoms with Gasteiger partial charge in [-0.15, -0.1) is 0 Å². The number of nitrogens with one attached hydrogen (secondary N) is 1. The molecule has 0 rings (SSSR count). The Morgan fingerprint density at radius 1 is 0.370 bits per heavy atom. The maximum Gasteiger partial charge on any atom is 0.305 e. The molecule has 0 aromatic heterocycles. The number of aliphatic hydroxyl groups excluding tert-OH is 2. The fourth-order valence-corrected chi connectivity index (χ4v) is 10.1. The fourth-order valence-electron chi connectivity index (χ4n) is 10.1. The van der Waals surface area contributed by atoms with Crippen LogP contribution >= 0.6 is 0 Å². The SMILES string of the molecule is CCCCCCCCC/C=C\CCCCCCCCCC(=O)OCCCCCCCCCCCCCC/C=C\CCCCCCCCCCC(=O)NC(CO)C(O)/C=C/CCCCCCCCCCCCCC. The number of rotatable bonds is 61. The minimum Gasteiger partial charge on any atom is -0.466 e. The summed E-state index contributed by atoms with van der Waals surface area (Å²) in [5, 5.41) is 23.1. The van der Waals surface area contributed by atoms with E-state index in [1.807, 2.05) is 6.08 Å². The molecule has 2 unspecified atom stereocenters. The van der Waals surface area contributed by atoms with Crippen LogP contribution in [0.25, 0.3) is 0 Å². The number of hydrogen-bond acceptors (Lipinski definition) is 5. The summed E-state index contributed by atoms with van der Waals surface area (Å²) in [6, 6.07) is -0.631. The van der Waals surface area contributed by atoms with Gasteiger partial charge in [-0.1, -0.05) is 294 Å². The van der Waals surface area contributed by atoms with Crippen LogP contribution in [0.5, 0.6) is 0 Å². The molecule has 0 aliphatic heterocycles. The van der Waals surface area contributed by atoms with Crippen molar-refractivity contribution in [1.29, 1.82) is 0 Å². The lowest BCUT2D eigenvalue weighted by atomic mass is 10.0. The highest BCUT2D eigenvalue weighted by molar-refractivity contribution is 5.76. The number of hydrogen-bond donors (Lipinski definition) is 3. The highest BCUT2D eigenvalue weighted by atomic mass is 16.5. The third kappa shape index (κ3) is 59.2. The van der Waals surface area contributed by atoms with Gasteiger partial charge in [-0.2, -0.15) is 0 Å². The Labute approximate surface area is 455 Å². The number of unbranched alkanes of at least 4 members (excludes halogenated alkanes) is 46. The highest BCUT2D eigenvalue weighted by Gasteiger charge is 2.18. The Morgan fingerprint density at radius 2 is 0.644 bits per heavy atom. The van der Waals surface area contributed by atoms with E-state index in [0.29, 0.717) is 19.4 Å². The number of carbonyl (C=O) groups excluding carboxylic acids is 2. The third-order valence-electron chi connectivity index (χ3n) is 15.1. The Balaban J connectivity index is 3.40. The van der Waals surface area contributed by atoms with Crippen molar-refractivity contribution in [2.24, 2.45) is 0 Å². The summed E-state index contributed by atoms with van der Waals surface area (Å²) in [6.07, 6.45) is 79.1. The smallest absolute Gasteiger partial charge is 0.305 e. The number of aliphatic hydroxyl groups is 2. The summed E-state index contributed by atoms with van der Waals surface area (Å²) >= 11 is 0. The number of ether oxygens (including phenoxy) is 1. The van der Waals surface area contributed by atoms with Crippen molar-refractivity contribution < 1.29 is 24.5 Å². The molecule has 6 heteroatoms. The van der Waals surface area contributed by atoms with Gasteiger partial charge in [0.05, 0.1) is 25.4 Å². The van der Waals surface area contributed by atoms with E-state index in [4.69, 9.17) is 4.74 Å². The number of amides is 1. The lowest BCUT2D eigenvalue weighted by Crippen LogP contribution is -2.45. The topological polar surface area (TPSA) is 95.9 Å². The molecule has 0 saturated heterocycles. The molecule has 430 valence electrons. The normalized spacial score (nSPS) is 12.8. The van der Waals surface area contributed by atoms with Crippen LogP contribution in [0.1, 0.15) is 354 Å². The van der Waals surface area contributed by atoms with Gasteiger partial charge in [0.25, 0.3) is 0 Å². The first-order valence-electron chi connectivity index (χ1n) is 32.8. The van der Waals surface area contributed by atoms with Gasteiger partial charge < -0.3 is 20.3 Å². The zero-order valence-corrected chi connectivity index (χ0v) is 49.1. The van der Waals surface area contributed by atoms with Gasteiger partial charge in [-0.25, -0.2) is 0 Å². The molecule has 73 heavy (non-hydrogen) atoms. The molecular weight excluding hydrogens is 899 g/mol. The molecule has 6 nitrogen and oxygen atoms in total. The largest absolute Gasteiger partial charge is 0.466 e. The van der Waals surface area contributed by atoms with E-state index in [2.05, 4.69) is 43.5 Å². The fraction of sp³-hybridized carbons (Fsp3) is 0.881. The quantitative estimate of drug-likeness (QED) is 0.0320. The predicted molar refractivity (Wildman–Crippen MR) is 319 cm³/mol. The van der Waals surface area contributed by atoms with Crippen LogP contribution in [0.15, 0.2) is 36.5 Å². The van der Waals surface area contributed by atoms with E-state index in [1.165, 1.54) is 283 Å². The third-order valence-corrected chi connectivity index (χ3v) is 15.1. The van der Waals surface area contributed by atoms with Crippen molar-refractivity contribution in [3.8, 4) is 0 Å². The van der Waals surface area contributed by atoms with Crippen LogP contribution in [-0.4, -0.2) is 47.4 Å². The molecule has 0 fully saturated rings. The van der Waals surface area contributed by atoms with Crippen LogP contribution in [0.2, 0.25) is 0 Å². The number of carbonyl (C=O) groups is 2. The molecule has 0 aliphatic carbocycles. The van der Waals surface area contributed by atoms with Crippen molar-refractivity contribution in [3.63, 3.8) is 0 Å². The van der Waals surface area contributed by atoms with Gasteiger partial charge >= 0.3 is 5.97 Å². The number of esters is 1. The molecule has 0 aromatic rings. The van der Waals surface area contributed by atoms with E-state index in [-0.39, 0.29) is 18.5 Å². The minimum atomic E-state index is -0.847. The Bertz CT molecular complexity index is 1180. The summed E-state index contributed by atoms with van der Waals surface area (Å²) in [7, 11) is 0. The molecule has 0 spiro atoms. The van der Waals surface area contributed by atoms with Crippen molar-refractivity contribution >= 4 is 11.9 Å². The van der Waals surface area contributed by atoms with Gasteiger partial charge in [0.2, 0.25) is 5.91 Å². The first-order valence-corrected chi connectivity index (χ1v) is 32.8. The van der Waals surface area contributed by atoms with Gasteiger partial charge in [0, 0.05) is 12.8 Å². The summed E-state index contributed by atoms with van der Waals surface area (Å²) in [6.45, 7) is 4.91. The van der Waals surface area contributed by atoms with E-state index in [1.54, 1.807) is 6.08 Å². The lowest BCUT2D eigenvalue weighted by molar-refractivity contribution is -0.143. The highest BCUT2D eigenvalue weighted by Crippen LogP contribution is 2.17. The monoisotopic (exact) mass is 1030 g/mol. The summed E-state index contributed by atoms with van der Waals surface area (Å²) in [5.41, 5.74) is 0. The molecule has 0 bridgehead atoms. The lowest BCUT2D eigenvalue weighted by Gasteiger charge is -2.20. The first-order chi connectivity index (χ1) is 36.0. The Morgan fingerprint density at radius 3 is 0.973 bits per heavy atom. The molecule has 0 saturated carbocycles. The van der Waals surface area contributed by atoms with Crippen LogP contribution < -0.4 is 5.32 Å². The van der Waals surface area contributed by atoms with Crippen molar-refractivity contribution in [2.45, 2.75) is 366 Å². The summed E-state index contributed by atoms with van der Waals surface area (Å²) in [5.74, 6) is -0.0623. The molecule has 0 radical (unpaired) electrons. The molecule has 1 amide bonds. The molecule has 2 atom stereocenters. The number of allylic oxidation sites excluding steroid dienone is 5. The van der Waals surface area contributed by atoms with Crippen LogP contribution in [0.3, 0.4) is 0 Å². The van der Waals surface area contributed by atoms with E-state index >= 15 is 0 Å². The first kappa shape index (κ1) is 71.1. The molecular formula is C67H127NO5. The average molecular weight is 1030 g/mol. The Kier molecular flexibility index (Phi) is 61.0. The summed E-state index contributed by atoms with van der Waals surface area (Å²) in [4.78, 5) is 24.6. The van der Waals surface area contributed by atoms with Gasteiger partial charge in [0.15, 0.2) is 0 Å². The van der Waals surface area contributed by atoms with E-state index < -0.39 is 12.1 Å². The van der Waals surface area contributed by atoms with Gasteiger partial charge in [-0.3, -0.25) is 9.59 Å². The molecule has 0 aliphatic rings. The van der Waals surface area contributed by atoms with Crippen molar-refractivity contribution in [2.75, 3.05) is 13.2 Å². The van der Waals surface area contributed by atoms with Gasteiger partial charge in [0.1, 0.15) is 0 Å². The van der Waals surface area contributed by atoms with Crippen molar-refractivity contribution in [3.05, 3.63) is 36.5 Å². The summed E-state index contributed by atoms with van der Waals surface area (Å²) < 4.78 is 5.50. The zero-order chi connectivity index (χ0) is 52.9. The van der Waals surface area contributed by atoms with Crippen molar-refractivity contribution in [1.82, 2.24) is 5.32 Å². The van der Waals surface area contributed by atoms with E-state index in [0.717, 1.165) is 44.9 Å². The Hall–Kier alpha value is -1.92. The second-order valence-corrected chi connectivity index (χ2v) is 22.4. The average Bonchev–Trinajstić information content (AvgIpc) is 3.39. The second-order valence-electron chi connectivity index (χ2n) is 22.4. The second kappa shape index (κ2) is 62.6. The van der Waals surface area contributed by atoms with Crippen LogP contribution in [0.4, 0.5) is 0 Å². The molecule has 0 heterocycles. The maximum atomic E-state index is 12.5. The van der Waals surface area contributed by atoms with Crippen LogP contribution in [-0.2, 0) is 14.3 Å². The zero-order valence-electron chi connectivity index (χ0n) is 49.1.